The van der Waals surface area contributed by atoms with E-state index in [1.165, 1.54) is 29.4 Å². The highest BCUT2D eigenvalue weighted by atomic mass is 16.5. The molecule has 0 spiro atoms. The van der Waals surface area contributed by atoms with Crippen LogP contribution in [0.2, 0.25) is 0 Å². The van der Waals surface area contributed by atoms with E-state index in [4.69, 9.17) is 21.3 Å². The molecule has 1 saturated carbocycles. The zero-order valence-corrected chi connectivity index (χ0v) is 20.1. The number of fused-ring (bicyclic) bond motifs is 1. The topological polar surface area (TPSA) is 42.6 Å². The van der Waals surface area contributed by atoms with Gasteiger partial charge in [-0.05, 0) is 55.9 Å². The molecule has 35 heavy (non-hydrogen) atoms. The Balaban J connectivity index is 1.40. The number of anilines is 1. The Bertz CT molecular complexity index is 1410. The van der Waals surface area contributed by atoms with Gasteiger partial charge < -0.3 is 9.64 Å². The van der Waals surface area contributed by atoms with Crippen LogP contribution in [0.4, 0.5) is 11.5 Å². The fraction of sp³-hybridized carbons (Fsp3) is 0.300. The monoisotopic (exact) mass is 460 g/mol. The number of hydrogen-bond donors (Lipinski definition) is 0. The third-order valence-electron chi connectivity index (χ3n) is 7.03. The Hall–Kier alpha value is -3.75. The molecule has 6 rings (SSSR count). The number of nitrogens with zero attached hydrogens (tertiary/aromatic N) is 4. The Morgan fingerprint density at radius 3 is 2.26 bits per heavy atom. The van der Waals surface area contributed by atoms with Crippen molar-refractivity contribution in [1.82, 2.24) is 9.97 Å². The van der Waals surface area contributed by atoms with Crippen LogP contribution < -0.4 is 4.90 Å². The molecule has 3 heterocycles. The first-order valence-electron chi connectivity index (χ1n) is 12.4. The standard InChI is InChI=1S/C30H28N4O/c1-19-17-34(18-20(2)35-19)28-14-11-23(15-32-28)27-16-33-30-25(21-9-12-24(31-3)13-10-21)5-4-6-26(30)29(27)22-7-8-22/h4-6,9-16,19-20,22H,7-8,17-18H2,1-2H3/t19-,20-/m0/s1. The number of pyridine rings is 2. The molecule has 0 bridgehead atoms. The molecule has 0 unspecified atom stereocenters. The summed E-state index contributed by atoms with van der Waals surface area (Å²) in [6.45, 7) is 13.2. The lowest BCUT2D eigenvalue weighted by Crippen LogP contribution is -2.45. The minimum atomic E-state index is 0.207. The average Bonchev–Trinajstić information content (AvgIpc) is 3.72. The average molecular weight is 461 g/mol. The van der Waals surface area contributed by atoms with Gasteiger partial charge in [-0.15, -0.1) is 0 Å². The molecule has 2 atom stereocenters. The van der Waals surface area contributed by atoms with Crippen LogP contribution in [0, 0.1) is 6.57 Å². The van der Waals surface area contributed by atoms with Crippen LogP contribution in [0.15, 0.2) is 67.0 Å². The summed E-state index contributed by atoms with van der Waals surface area (Å²) in [5.74, 6) is 1.57. The lowest BCUT2D eigenvalue weighted by atomic mass is 9.92. The normalized spacial score (nSPS) is 20.1. The maximum Gasteiger partial charge on any atom is 0.187 e. The molecule has 2 aromatic heterocycles. The minimum absolute atomic E-state index is 0.207. The van der Waals surface area contributed by atoms with Gasteiger partial charge in [-0.2, -0.15) is 0 Å². The smallest absolute Gasteiger partial charge is 0.187 e. The highest BCUT2D eigenvalue weighted by Gasteiger charge is 2.30. The molecule has 1 aliphatic heterocycles. The maximum absolute atomic E-state index is 7.23. The largest absolute Gasteiger partial charge is 0.372 e. The van der Waals surface area contributed by atoms with Gasteiger partial charge in [0.1, 0.15) is 5.82 Å². The van der Waals surface area contributed by atoms with Gasteiger partial charge in [0.2, 0.25) is 0 Å². The van der Waals surface area contributed by atoms with Crippen LogP contribution in [0.1, 0.15) is 38.2 Å². The van der Waals surface area contributed by atoms with Crippen molar-refractivity contribution in [2.75, 3.05) is 18.0 Å². The second kappa shape index (κ2) is 8.79. The van der Waals surface area contributed by atoms with Gasteiger partial charge in [-0.1, -0.05) is 42.5 Å². The fourth-order valence-corrected chi connectivity index (χ4v) is 5.33. The van der Waals surface area contributed by atoms with E-state index >= 15 is 0 Å². The summed E-state index contributed by atoms with van der Waals surface area (Å²) in [6.07, 6.45) is 6.87. The number of benzene rings is 2. The van der Waals surface area contributed by atoms with E-state index in [9.17, 15) is 0 Å². The van der Waals surface area contributed by atoms with Crippen LogP contribution in [0.25, 0.3) is 38.0 Å². The molecule has 174 valence electrons. The fourth-order valence-electron chi connectivity index (χ4n) is 5.33. The Labute approximate surface area is 206 Å². The highest BCUT2D eigenvalue weighted by Crippen LogP contribution is 2.48. The van der Waals surface area contributed by atoms with Crippen molar-refractivity contribution < 1.29 is 4.74 Å². The summed E-state index contributed by atoms with van der Waals surface area (Å²) in [4.78, 5) is 15.6. The predicted molar refractivity (Wildman–Crippen MR) is 141 cm³/mol. The number of ether oxygens (including phenoxy) is 1. The van der Waals surface area contributed by atoms with Crippen molar-refractivity contribution in [3.63, 3.8) is 0 Å². The summed E-state index contributed by atoms with van der Waals surface area (Å²) in [5.41, 5.74) is 7.56. The second-order valence-corrected chi connectivity index (χ2v) is 9.79. The molecule has 2 aliphatic rings. The molecule has 1 saturated heterocycles. The van der Waals surface area contributed by atoms with E-state index in [1.807, 2.05) is 36.7 Å². The van der Waals surface area contributed by atoms with E-state index in [-0.39, 0.29) is 12.2 Å². The van der Waals surface area contributed by atoms with Gasteiger partial charge in [0.15, 0.2) is 5.69 Å². The second-order valence-electron chi connectivity index (χ2n) is 9.79. The van der Waals surface area contributed by atoms with Gasteiger partial charge in [0.05, 0.1) is 24.3 Å². The van der Waals surface area contributed by atoms with Crippen molar-refractivity contribution in [3.8, 4) is 22.3 Å². The van der Waals surface area contributed by atoms with E-state index in [2.05, 4.69) is 53.9 Å². The van der Waals surface area contributed by atoms with Crippen LogP contribution in [-0.2, 0) is 4.74 Å². The molecule has 1 aliphatic carbocycles. The van der Waals surface area contributed by atoms with Crippen molar-refractivity contribution in [2.24, 2.45) is 0 Å². The summed E-state index contributed by atoms with van der Waals surface area (Å²) >= 11 is 0. The van der Waals surface area contributed by atoms with Crippen molar-refractivity contribution in [2.45, 2.75) is 44.8 Å². The third-order valence-corrected chi connectivity index (χ3v) is 7.03. The molecule has 4 aromatic rings. The first-order chi connectivity index (χ1) is 17.1. The minimum Gasteiger partial charge on any atom is -0.372 e. The Morgan fingerprint density at radius 1 is 0.857 bits per heavy atom. The predicted octanol–water partition coefficient (Wildman–Crippen LogP) is 7.01. The zero-order valence-electron chi connectivity index (χ0n) is 20.1. The van der Waals surface area contributed by atoms with Gasteiger partial charge in [-0.25, -0.2) is 9.83 Å². The summed E-state index contributed by atoms with van der Waals surface area (Å²) < 4.78 is 5.88. The maximum atomic E-state index is 7.23. The Morgan fingerprint density at radius 2 is 1.60 bits per heavy atom. The summed E-state index contributed by atoms with van der Waals surface area (Å²) in [5, 5.41) is 1.22. The number of rotatable bonds is 4. The molecular formula is C30H28N4O. The first-order valence-corrected chi connectivity index (χ1v) is 12.4. The molecule has 5 heteroatoms. The lowest BCUT2D eigenvalue weighted by molar-refractivity contribution is -0.00545. The Kier molecular flexibility index (Phi) is 5.47. The quantitative estimate of drug-likeness (QED) is 0.307. The van der Waals surface area contributed by atoms with Crippen LogP contribution in [-0.4, -0.2) is 35.3 Å². The number of para-hydroxylation sites is 1. The van der Waals surface area contributed by atoms with Crippen LogP contribution >= 0.6 is 0 Å². The van der Waals surface area contributed by atoms with Gasteiger partial charge in [0.25, 0.3) is 0 Å². The van der Waals surface area contributed by atoms with Crippen molar-refractivity contribution in [3.05, 3.63) is 84.0 Å². The first kappa shape index (κ1) is 21.8. The van der Waals surface area contributed by atoms with Gasteiger partial charge in [-0.3, -0.25) is 4.98 Å². The summed E-state index contributed by atoms with van der Waals surface area (Å²) in [6, 6.07) is 18.6. The van der Waals surface area contributed by atoms with Gasteiger partial charge >= 0.3 is 0 Å². The molecule has 5 nitrogen and oxygen atoms in total. The van der Waals surface area contributed by atoms with Crippen molar-refractivity contribution in [1.29, 1.82) is 0 Å². The van der Waals surface area contributed by atoms with Crippen molar-refractivity contribution >= 4 is 22.4 Å². The van der Waals surface area contributed by atoms with Crippen LogP contribution in [0.3, 0.4) is 0 Å². The number of hydrogen-bond acceptors (Lipinski definition) is 4. The third kappa shape index (κ3) is 4.15. The molecule has 0 amide bonds. The molecule has 2 fully saturated rings. The molecule has 0 radical (unpaired) electrons. The SMILES string of the molecule is [C-]#[N+]c1ccc(-c2cccc3c(C4CC4)c(-c4ccc(N5C[C@H](C)O[C@@H](C)C5)nc4)cnc23)cc1. The van der Waals surface area contributed by atoms with Crippen LogP contribution in [0.5, 0.6) is 0 Å². The summed E-state index contributed by atoms with van der Waals surface area (Å²) in [7, 11) is 0. The van der Waals surface area contributed by atoms with E-state index in [0.29, 0.717) is 11.6 Å². The van der Waals surface area contributed by atoms with E-state index in [1.54, 1.807) is 0 Å². The molecule has 0 N–H and O–H groups in total. The molecule has 2 aromatic carbocycles. The lowest BCUT2D eigenvalue weighted by Gasteiger charge is -2.36. The number of morpholine rings is 1. The number of aromatic nitrogens is 2. The zero-order chi connectivity index (χ0) is 23.9. The highest BCUT2D eigenvalue weighted by molar-refractivity contribution is 5.98. The van der Waals surface area contributed by atoms with Gasteiger partial charge in [0, 0.05) is 47.6 Å². The van der Waals surface area contributed by atoms with E-state index in [0.717, 1.165) is 41.1 Å². The van der Waals surface area contributed by atoms with E-state index < -0.39 is 0 Å². The molecular weight excluding hydrogens is 432 g/mol.